The Morgan fingerprint density at radius 3 is 2.55 bits per heavy atom. The van der Waals surface area contributed by atoms with Gasteiger partial charge in [0, 0.05) is 26.1 Å². The van der Waals surface area contributed by atoms with Crippen LogP contribution in [0.25, 0.3) is 10.9 Å². The summed E-state index contributed by atoms with van der Waals surface area (Å²) in [5.41, 5.74) is 1.86. The maximum Gasteiger partial charge on any atom is 0.337 e. The van der Waals surface area contributed by atoms with E-state index < -0.39 is 5.97 Å². The number of ether oxygens (including phenoxy) is 1. The smallest absolute Gasteiger partial charge is 0.337 e. The molecule has 1 amide bonds. The number of benzene rings is 2. The van der Waals surface area contributed by atoms with Gasteiger partial charge in [-0.25, -0.2) is 4.79 Å². The molecule has 7 nitrogen and oxygen atoms in total. The first-order chi connectivity index (χ1) is 16.0. The summed E-state index contributed by atoms with van der Waals surface area (Å²) < 4.78 is 6.36. The van der Waals surface area contributed by atoms with Gasteiger partial charge in [-0.2, -0.15) is 0 Å². The first kappa shape index (κ1) is 22.9. The van der Waals surface area contributed by atoms with Gasteiger partial charge in [0.05, 0.1) is 23.6 Å². The van der Waals surface area contributed by atoms with Crippen molar-refractivity contribution in [3.8, 4) is 0 Å². The molecule has 0 bridgehead atoms. The molecule has 1 aliphatic heterocycles. The number of esters is 1. The van der Waals surface area contributed by atoms with Gasteiger partial charge in [0.25, 0.3) is 5.56 Å². The normalized spacial score (nSPS) is 14.4. The van der Waals surface area contributed by atoms with E-state index in [-0.39, 0.29) is 29.2 Å². The Bertz CT molecular complexity index is 1270. The molecule has 1 saturated heterocycles. The van der Waals surface area contributed by atoms with Crippen molar-refractivity contribution in [3.63, 3.8) is 0 Å². The molecule has 0 spiro atoms. The van der Waals surface area contributed by atoms with Crippen LogP contribution in [-0.2, 0) is 22.5 Å². The van der Waals surface area contributed by atoms with Gasteiger partial charge < -0.3 is 14.6 Å². The number of H-pyrrole nitrogens is 1. The Balaban J connectivity index is 1.38. The van der Waals surface area contributed by atoms with Crippen molar-refractivity contribution < 1.29 is 14.3 Å². The van der Waals surface area contributed by atoms with E-state index in [1.165, 1.54) is 17.2 Å². The second-order valence-electron chi connectivity index (χ2n) is 8.40. The summed E-state index contributed by atoms with van der Waals surface area (Å²) in [6.45, 7) is 1.70. The Kier molecular flexibility index (Phi) is 7.03. The van der Waals surface area contributed by atoms with Crippen molar-refractivity contribution in [1.82, 2.24) is 14.5 Å². The fourth-order valence-electron chi connectivity index (χ4n) is 4.40. The second kappa shape index (κ2) is 10.1. The van der Waals surface area contributed by atoms with Crippen LogP contribution in [0.4, 0.5) is 0 Å². The number of methoxy groups -OCH3 is 1. The Hall–Kier alpha value is -3.26. The summed E-state index contributed by atoms with van der Waals surface area (Å²) in [6.07, 6.45) is 3.23. The average Bonchev–Trinajstić information content (AvgIpc) is 2.84. The molecular formula is C25H27N3O4S. The van der Waals surface area contributed by atoms with Crippen LogP contribution in [-0.4, -0.2) is 46.5 Å². The van der Waals surface area contributed by atoms with E-state index in [9.17, 15) is 14.4 Å². The van der Waals surface area contributed by atoms with E-state index in [1.807, 2.05) is 11.0 Å². The van der Waals surface area contributed by atoms with Crippen LogP contribution in [0.1, 0.15) is 35.2 Å². The maximum absolute atomic E-state index is 12.9. The summed E-state index contributed by atoms with van der Waals surface area (Å²) >= 11 is 5.36. The number of rotatable bonds is 6. The van der Waals surface area contributed by atoms with Crippen LogP contribution in [0, 0.1) is 10.7 Å². The van der Waals surface area contributed by atoms with Crippen LogP contribution in [0.3, 0.4) is 0 Å². The molecule has 3 aromatic rings. The first-order valence-corrected chi connectivity index (χ1v) is 11.5. The van der Waals surface area contributed by atoms with Crippen LogP contribution < -0.4 is 5.56 Å². The molecule has 4 rings (SSSR count). The number of fused-ring (bicyclic) bond motifs is 1. The lowest BCUT2D eigenvalue weighted by Crippen LogP contribution is -2.39. The molecule has 8 heteroatoms. The zero-order valence-corrected chi connectivity index (χ0v) is 19.4. The highest BCUT2D eigenvalue weighted by Crippen LogP contribution is 2.22. The maximum atomic E-state index is 12.9. The molecule has 2 aromatic carbocycles. The van der Waals surface area contributed by atoms with Crippen molar-refractivity contribution in [2.75, 3.05) is 20.2 Å². The zero-order chi connectivity index (χ0) is 23.4. The number of carbonyl (C=O) groups is 2. The minimum Gasteiger partial charge on any atom is -0.465 e. The van der Waals surface area contributed by atoms with Gasteiger partial charge in [-0.3, -0.25) is 14.2 Å². The van der Waals surface area contributed by atoms with Gasteiger partial charge in [-0.1, -0.05) is 30.3 Å². The minimum atomic E-state index is -0.487. The van der Waals surface area contributed by atoms with Gasteiger partial charge in [-0.15, -0.1) is 0 Å². The van der Waals surface area contributed by atoms with E-state index in [2.05, 4.69) is 29.2 Å². The molecule has 0 atom stereocenters. The fourth-order valence-corrected chi connectivity index (χ4v) is 4.69. The van der Waals surface area contributed by atoms with Crippen molar-refractivity contribution >= 4 is 35.0 Å². The van der Waals surface area contributed by atoms with Crippen molar-refractivity contribution in [2.45, 2.75) is 32.2 Å². The molecule has 0 saturated carbocycles. The summed E-state index contributed by atoms with van der Waals surface area (Å²) in [4.78, 5) is 42.4. The number of likely N-dealkylation sites (tertiary alicyclic amines) is 1. The molecule has 0 aliphatic carbocycles. The van der Waals surface area contributed by atoms with Crippen molar-refractivity contribution in [3.05, 3.63) is 74.8 Å². The molecule has 33 heavy (non-hydrogen) atoms. The van der Waals surface area contributed by atoms with Gasteiger partial charge in [0.1, 0.15) is 0 Å². The topological polar surface area (TPSA) is 84.4 Å². The number of carbonyl (C=O) groups excluding carboxylic acids is 2. The van der Waals surface area contributed by atoms with Crippen molar-refractivity contribution in [2.24, 2.45) is 5.92 Å². The Morgan fingerprint density at radius 1 is 1.12 bits per heavy atom. The third-order valence-electron chi connectivity index (χ3n) is 6.29. The van der Waals surface area contributed by atoms with Gasteiger partial charge >= 0.3 is 5.97 Å². The largest absolute Gasteiger partial charge is 0.465 e. The Labute approximate surface area is 197 Å². The number of piperidine rings is 1. The van der Waals surface area contributed by atoms with E-state index in [1.54, 1.807) is 18.2 Å². The van der Waals surface area contributed by atoms with E-state index in [4.69, 9.17) is 17.0 Å². The number of aromatic nitrogens is 2. The molecule has 0 unspecified atom stereocenters. The zero-order valence-electron chi connectivity index (χ0n) is 18.6. The van der Waals surface area contributed by atoms with Crippen LogP contribution in [0.15, 0.2) is 53.3 Å². The second-order valence-corrected chi connectivity index (χ2v) is 8.79. The van der Waals surface area contributed by atoms with Crippen molar-refractivity contribution in [1.29, 1.82) is 0 Å². The number of hydrogen-bond donors (Lipinski definition) is 1. The predicted molar refractivity (Wildman–Crippen MR) is 129 cm³/mol. The van der Waals surface area contributed by atoms with Gasteiger partial charge in [0.2, 0.25) is 5.91 Å². The number of aromatic amines is 1. The molecule has 172 valence electrons. The highest BCUT2D eigenvalue weighted by molar-refractivity contribution is 7.71. The molecule has 1 N–H and O–H groups in total. The molecule has 1 aromatic heterocycles. The summed E-state index contributed by atoms with van der Waals surface area (Å²) in [6, 6.07) is 15.1. The third-order valence-corrected chi connectivity index (χ3v) is 6.61. The van der Waals surface area contributed by atoms with Crippen LogP contribution >= 0.6 is 12.2 Å². The summed E-state index contributed by atoms with van der Waals surface area (Å²) in [5, 5.41) is 0.408. The van der Waals surface area contributed by atoms with E-state index >= 15 is 0 Å². The van der Waals surface area contributed by atoms with E-state index in [0.29, 0.717) is 22.4 Å². The molecule has 2 heterocycles. The SMILES string of the molecule is COC(=O)c1ccc2c(=O)n(CCC(=O)N3CCC(Cc4ccccc4)CC3)c(=S)[nH]c2c1. The number of amides is 1. The monoisotopic (exact) mass is 465 g/mol. The lowest BCUT2D eigenvalue weighted by molar-refractivity contribution is -0.132. The lowest BCUT2D eigenvalue weighted by Gasteiger charge is -2.32. The molecule has 1 fully saturated rings. The predicted octanol–water partition coefficient (Wildman–Crippen LogP) is 3.72. The summed E-state index contributed by atoms with van der Waals surface area (Å²) in [5.74, 6) is 0.136. The number of nitrogens with zero attached hydrogens (tertiary/aromatic N) is 2. The summed E-state index contributed by atoms with van der Waals surface area (Å²) in [7, 11) is 1.30. The van der Waals surface area contributed by atoms with E-state index in [0.717, 1.165) is 32.4 Å². The van der Waals surface area contributed by atoms with Crippen LogP contribution in [0.2, 0.25) is 0 Å². The highest BCUT2D eigenvalue weighted by Gasteiger charge is 2.23. The molecule has 1 aliphatic rings. The quantitative estimate of drug-likeness (QED) is 0.443. The Morgan fingerprint density at radius 2 is 1.85 bits per heavy atom. The first-order valence-electron chi connectivity index (χ1n) is 11.1. The van der Waals surface area contributed by atoms with Gasteiger partial charge in [-0.05, 0) is 61.2 Å². The number of hydrogen-bond acceptors (Lipinski definition) is 5. The van der Waals surface area contributed by atoms with Crippen LogP contribution in [0.5, 0.6) is 0 Å². The third kappa shape index (κ3) is 5.22. The molecule has 0 radical (unpaired) electrons. The molecular weight excluding hydrogens is 438 g/mol. The standard InChI is InChI=1S/C25H27N3O4S/c1-32-24(31)19-7-8-20-21(16-19)26-25(33)28(23(20)30)14-11-22(29)27-12-9-18(10-13-27)15-17-5-3-2-4-6-17/h2-8,16,18H,9-15H2,1H3,(H,26,33). The average molecular weight is 466 g/mol. The van der Waals surface area contributed by atoms with Gasteiger partial charge in [0.15, 0.2) is 4.77 Å². The highest BCUT2D eigenvalue weighted by atomic mass is 32.1. The number of nitrogens with one attached hydrogen (secondary N) is 1. The lowest BCUT2D eigenvalue weighted by atomic mass is 9.90. The fraction of sp³-hybridized carbons (Fsp3) is 0.360. The minimum absolute atomic E-state index is 0.0376.